The number of aromatic carboxylic acids is 4. The highest BCUT2D eigenvalue weighted by Crippen LogP contribution is 2.38. The molecule has 0 fully saturated rings. The van der Waals surface area contributed by atoms with Crippen LogP contribution in [0.2, 0.25) is 0 Å². The van der Waals surface area contributed by atoms with Crippen LogP contribution in [0.5, 0.6) is 17.2 Å². The van der Waals surface area contributed by atoms with Crippen LogP contribution in [-0.4, -0.2) is 44.3 Å². The second-order valence-corrected chi connectivity index (χ2v) is 7.59. The molecular formula is C26H17O10. The molecule has 3 aromatic carbocycles. The summed E-state index contributed by atoms with van der Waals surface area (Å²) in [6.07, 6.45) is 4.36. The topological polar surface area (TPSA) is 168 Å². The van der Waals surface area contributed by atoms with Crippen molar-refractivity contribution in [1.29, 1.82) is 0 Å². The zero-order valence-electron chi connectivity index (χ0n) is 18.3. The molecule has 0 unspecified atom stereocenters. The maximum Gasteiger partial charge on any atom is 0.336 e. The smallest absolute Gasteiger partial charge is 0.336 e. The number of fused-ring (bicyclic) bond motifs is 1. The molecule has 0 spiro atoms. The third kappa shape index (κ3) is 4.73. The Morgan fingerprint density at radius 1 is 0.639 bits per heavy atom. The van der Waals surface area contributed by atoms with E-state index in [4.69, 9.17) is 9.47 Å². The first-order chi connectivity index (χ1) is 17.2. The molecule has 0 amide bonds. The largest absolute Gasteiger partial charge is 0.478 e. The van der Waals surface area contributed by atoms with Gasteiger partial charge in [0.1, 0.15) is 17.2 Å². The van der Waals surface area contributed by atoms with Gasteiger partial charge < -0.3 is 29.9 Å². The van der Waals surface area contributed by atoms with E-state index in [9.17, 15) is 39.6 Å². The number of carboxylic acids is 4. The van der Waals surface area contributed by atoms with E-state index in [1.807, 2.05) is 0 Å². The lowest BCUT2D eigenvalue weighted by molar-refractivity contribution is 0.0651. The molecule has 4 N–H and O–H groups in total. The first kappa shape index (κ1) is 24.0. The minimum absolute atomic E-state index is 0.114. The van der Waals surface area contributed by atoms with Crippen molar-refractivity contribution in [3.63, 3.8) is 0 Å². The molecule has 1 aliphatic carbocycles. The second kappa shape index (κ2) is 9.63. The Morgan fingerprint density at radius 2 is 1.17 bits per heavy atom. The van der Waals surface area contributed by atoms with E-state index in [1.165, 1.54) is 12.1 Å². The molecule has 0 saturated carbocycles. The fourth-order valence-electron chi connectivity index (χ4n) is 3.71. The Balaban J connectivity index is 1.65. The van der Waals surface area contributed by atoms with Crippen LogP contribution < -0.4 is 9.47 Å². The first-order valence-corrected chi connectivity index (χ1v) is 10.4. The first-order valence-electron chi connectivity index (χ1n) is 10.4. The Hall–Kier alpha value is -5.12. The fourth-order valence-corrected chi connectivity index (χ4v) is 3.71. The van der Waals surface area contributed by atoms with Crippen molar-refractivity contribution < 1.29 is 49.1 Å². The van der Waals surface area contributed by atoms with E-state index < -0.39 is 35.0 Å². The van der Waals surface area contributed by atoms with E-state index in [0.29, 0.717) is 29.4 Å². The van der Waals surface area contributed by atoms with Crippen molar-refractivity contribution in [3.05, 3.63) is 100 Å². The quantitative estimate of drug-likeness (QED) is 0.350. The molecule has 3 aromatic rings. The summed E-state index contributed by atoms with van der Waals surface area (Å²) in [5.41, 5.74) is -0.357. The number of benzene rings is 3. The van der Waals surface area contributed by atoms with Crippen LogP contribution in [-0.2, 0) is 0 Å². The molecule has 0 heterocycles. The van der Waals surface area contributed by atoms with Crippen molar-refractivity contribution in [1.82, 2.24) is 0 Å². The predicted molar refractivity (Wildman–Crippen MR) is 124 cm³/mol. The SMILES string of the molecule is O=C(O)c1ccc(O[C]2CC=Cc3c(Oc4ccc(C(=O)O)c(C(=O)O)c4)cccc32)cc1C(=O)O. The third-order valence-corrected chi connectivity index (χ3v) is 5.33. The summed E-state index contributed by atoms with van der Waals surface area (Å²) >= 11 is 0. The predicted octanol–water partition coefficient (Wildman–Crippen LogP) is 4.65. The molecule has 0 aromatic heterocycles. The van der Waals surface area contributed by atoms with Crippen molar-refractivity contribution in [3.8, 4) is 17.2 Å². The summed E-state index contributed by atoms with van der Waals surface area (Å²) in [5.74, 6) is -4.97. The van der Waals surface area contributed by atoms with Gasteiger partial charge in [-0.15, -0.1) is 0 Å². The second-order valence-electron chi connectivity index (χ2n) is 7.59. The zero-order valence-corrected chi connectivity index (χ0v) is 18.3. The molecule has 0 bridgehead atoms. The van der Waals surface area contributed by atoms with Crippen LogP contribution in [0.3, 0.4) is 0 Å². The highest BCUT2D eigenvalue weighted by atomic mass is 16.5. The molecule has 36 heavy (non-hydrogen) atoms. The van der Waals surface area contributed by atoms with Crippen molar-refractivity contribution in [2.45, 2.75) is 6.42 Å². The van der Waals surface area contributed by atoms with Crippen LogP contribution in [0.1, 0.15) is 59.0 Å². The average molecular weight is 489 g/mol. The van der Waals surface area contributed by atoms with Crippen LogP contribution in [0.4, 0.5) is 0 Å². The maximum absolute atomic E-state index is 11.5. The number of rotatable bonds is 8. The molecule has 4 rings (SSSR count). The number of carboxylic acid groups (broad SMARTS) is 4. The Bertz CT molecular complexity index is 1440. The number of carbonyl (C=O) groups is 4. The molecule has 1 radical (unpaired) electrons. The third-order valence-electron chi connectivity index (χ3n) is 5.33. The lowest BCUT2D eigenvalue weighted by atomic mass is 9.94. The monoisotopic (exact) mass is 489 g/mol. The van der Waals surface area contributed by atoms with Gasteiger partial charge in [0.25, 0.3) is 0 Å². The molecule has 1 aliphatic rings. The fraction of sp³-hybridized carbons (Fsp3) is 0.0385. The summed E-state index contributed by atoms with van der Waals surface area (Å²) in [7, 11) is 0. The summed E-state index contributed by atoms with van der Waals surface area (Å²) < 4.78 is 11.8. The number of hydrogen-bond donors (Lipinski definition) is 4. The Labute approximate surface area is 203 Å². The number of ether oxygens (including phenoxy) is 2. The molecule has 0 aliphatic heterocycles. The van der Waals surface area contributed by atoms with E-state index in [-0.39, 0.29) is 22.6 Å². The van der Waals surface area contributed by atoms with Crippen molar-refractivity contribution in [2.75, 3.05) is 0 Å². The molecule has 181 valence electrons. The molecule has 10 heteroatoms. The zero-order chi connectivity index (χ0) is 26.0. The minimum atomic E-state index is -1.41. The van der Waals surface area contributed by atoms with E-state index in [0.717, 1.165) is 24.3 Å². The van der Waals surface area contributed by atoms with Crippen LogP contribution in [0, 0.1) is 6.10 Å². The van der Waals surface area contributed by atoms with Gasteiger partial charge in [0.15, 0.2) is 6.10 Å². The lowest BCUT2D eigenvalue weighted by Gasteiger charge is -2.23. The van der Waals surface area contributed by atoms with Gasteiger partial charge in [-0.2, -0.15) is 0 Å². The average Bonchev–Trinajstić information content (AvgIpc) is 2.84. The summed E-state index contributed by atoms with van der Waals surface area (Å²) in [6, 6.07) is 12.3. The van der Waals surface area contributed by atoms with Gasteiger partial charge in [0.05, 0.1) is 22.3 Å². The normalized spacial score (nSPS) is 12.4. The summed E-state index contributed by atoms with van der Waals surface area (Å²) in [6.45, 7) is 0. The van der Waals surface area contributed by atoms with Gasteiger partial charge in [-0.1, -0.05) is 24.3 Å². The lowest BCUT2D eigenvalue weighted by Crippen LogP contribution is -2.14. The summed E-state index contributed by atoms with van der Waals surface area (Å²) in [4.78, 5) is 45.6. The van der Waals surface area contributed by atoms with Gasteiger partial charge in [-0.25, -0.2) is 19.2 Å². The standard InChI is InChI=1S/C26H17O10/c27-23(28)17-9-7-13(11-19(17)25(31)32)35-21-5-1-3-15-16(21)4-2-6-22(15)36-14-8-10-18(24(29)30)20(12-14)26(33)34/h1-5,7-12H,6H2,(H,27,28)(H,29,30)(H,31,32)(H,33,34). The van der Waals surface area contributed by atoms with E-state index >= 15 is 0 Å². The molecule has 10 nitrogen and oxygen atoms in total. The van der Waals surface area contributed by atoms with Gasteiger partial charge >= 0.3 is 23.9 Å². The highest BCUT2D eigenvalue weighted by Gasteiger charge is 2.25. The van der Waals surface area contributed by atoms with Crippen molar-refractivity contribution >= 4 is 30.0 Å². The van der Waals surface area contributed by atoms with Gasteiger partial charge in [0, 0.05) is 17.5 Å². The Morgan fingerprint density at radius 3 is 1.69 bits per heavy atom. The molecule has 0 saturated heterocycles. The van der Waals surface area contributed by atoms with Crippen molar-refractivity contribution in [2.24, 2.45) is 0 Å². The highest BCUT2D eigenvalue weighted by molar-refractivity contribution is 6.02. The molecule has 0 atom stereocenters. The minimum Gasteiger partial charge on any atom is -0.478 e. The van der Waals surface area contributed by atoms with Crippen LogP contribution >= 0.6 is 0 Å². The molecular weight excluding hydrogens is 472 g/mol. The van der Waals surface area contributed by atoms with Gasteiger partial charge in [0.2, 0.25) is 0 Å². The van der Waals surface area contributed by atoms with E-state index in [2.05, 4.69) is 0 Å². The van der Waals surface area contributed by atoms with Gasteiger partial charge in [-0.3, -0.25) is 0 Å². The summed E-state index contributed by atoms with van der Waals surface area (Å²) in [5, 5.41) is 37.1. The van der Waals surface area contributed by atoms with Crippen LogP contribution in [0.25, 0.3) is 6.08 Å². The maximum atomic E-state index is 11.5. The van der Waals surface area contributed by atoms with Crippen LogP contribution in [0.15, 0.2) is 60.7 Å². The number of hydrogen-bond acceptors (Lipinski definition) is 6. The van der Waals surface area contributed by atoms with Gasteiger partial charge in [-0.05, 0) is 42.5 Å². The Kier molecular flexibility index (Phi) is 6.42. The van der Waals surface area contributed by atoms with E-state index in [1.54, 1.807) is 30.4 Å².